The lowest BCUT2D eigenvalue weighted by atomic mass is 10.1. The third-order valence-electron chi connectivity index (χ3n) is 5.06. The molecule has 0 saturated carbocycles. The summed E-state index contributed by atoms with van der Waals surface area (Å²) in [5.41, 5.74) is 2.51. The van der Waals surface area contributed by atoms with Crippen LogP contribution in [-0.4, -0.2) is 42.6 Å². The Bertz CT molecular complexity index is 991. The van der Waals surface area contributed by atoms with E-state index >= 15 is 0 Å². The van der Waals surface area contributed by atoms with E-state index in [2.05, 4.69) is 20.9 Å². The smallest absolute Gasteiger partial charge is 0.412 e. The number of nitrogens with one attached hydrogen (secondary N) is 1. The van der Waals surface area contributed by atoms with Gasteiger partial charge in [-0.3, -0.25) is 9.88 Å². The number of hydrogen-bond donors (Lipinski definition) is 1. The molecule has 0 atom stereocenters. The molecule has 1 fully saturated rings. The Balaban J connectivity index is 1.37. The predicted octanol–water partition coefficient (Wildman–Crippen LogP) is 3.79. The number of H-pyrrole nitrogens is 1. The van der Waals surface area contributed by atoms with Gasteiger partial charge in [0.25, 0.3) is 0 Å². The number of benzene rings is 2. The summed E-state index contributed by atoms with van der Waals surface area (Å²) in [5, 5.41) is 0.746. The van der Waals surface area contributed by atoms with Crippen LogP contribution < -0.4 is 10.7 Å². The molecule has 28 heavy (non-hydrogen) atoms. The fourth-order valence-corrected chi connectivity index (χ4v) is 3.73. The average Bonchev–Trinajstić information content (AvgIpc) is 3.08. The lowest BCUT2D eigenvalue weighted by Gasteiger charge is -2.36. The average molecular weight is 402 g/mol. The molecule has 1 saturated heterocycles. The first kappa shape index (κ1) is 18.8. The molecule has 0 unspecified atom stereocenters. The standard InChI is InChI=1S/C21H21ClFN3O2/c22-16-2-1-3-18(14-16)26-12-10-25(11-13-26)9-8-19-20(24-21(27)28-19)15-4-6-17(23)7-5-15/h1-7,14H,8-13H2,(H,24,27). The minimum absolute atomic E-state index is 0.311. The van der Waals surface area contributed by atoms with Gasteiger partial charge in [0.1, 0.15) is 11.6 Å². The molecule has 0 bridgehead atoms. The van der Waals surface area contributed by atoms with Gasteiger partial charge in [-0.25, -0.2) is 9.18 Å². The Morgan fingerprint density at radius 2 is 1.82 bits per heavy atom. The summed E-state index contributed by atoms with van der Waals surface area (Å²) >= 11 is 6.09. The molecule has 0 spiro atoms. The monoisotopic (exact) mass is 401 g/mol. The van der Waals surface area contributed by atoms with Crippen molar-refractivity contribution in [2.24, 2.45) is 0 Å². The molecule has 0 amide bonds. The largest absolute Gasteiger partial charge is 0.416 e. The van der Waals surface area contributed by atoms with E-state index in [-0.39, 0.29) is 5.82 Å². The van der Waals surface area contributed by atoms with Crippen molar-refractivity contribution in [3.05, 3.63) is 75.7 Å². The van der Waals surface area contributed by atoms with Crippen LogP contribution in [-0.2, 0) is 6.42 Å². The number of oxazole rings is 1. The zero-order chi connectivity index (χ0) is 19.5. The van der Waals surface area contributed by atoms with Gasteiger partial charge in [0.05, 0.1) is 5.69 Å². The molecule has 1 aliphatic rings. The topological polar surface area (TPSA) is 52.5 Å². The lowest BCUT2D eigenvalue weighted by Crippen LogP contribution is -2.47. The maximum Gasteiger partial charge on any atom is 0.416 e. The van der Waals surface area contributed by atoms with Crippen molar-refractivity contribution in [3.8, 4) is 11.3 Å². The van der Waals surface area contributed by atoms with Crippen molar-refractivity contribution in [3.63, 3.8) is 0 Å². The van der Waals surface area contributed by atoms with E-state index in [0.29, 0.717) is 17.9 Å². The maximum atomic E-state index is 13.2. The van der Waals surface area contributed by atoms with Gasteiger partial charge in [0.15, 0.2) is 0 Å². The molecular formula is C21H21ClFN3O2. The first-order chi connectivity index (χ1) is 13.6. The van der Waals surface area contributed by atoms with Gasteiger partial charge in [-0.05, 0) is 42.5 Å². The Labute approximate surface area is 167 Å². The number of hydrogen-bond acceptors (Lipinski definition) is 4. The second-order valence-electron chi connectivity index (χ2n) is 6.88. The molecule has 7 heteroatoms. The summed E-state index contributed by atoms with van der Waals surface area (Å²) in [6.45, 7) is 4.48. The van der Waals surface area contributed by atoms with E-state index in [4.69, 9.17) is 16.0 Å². The number of nitrogens with zero attached hydrogens (tertiary/aromatic N) is 2. The zero-order valence-electron chi connectivity index (χ0n) is 15.3. The van der Waals surface area contributed by atoms with Gasteiger partial charge < -0.3 is 9.32 Å². The normalized spacial score (nSPS) is 15.1. The molecule has 0 aliphatic carbocycles. The maximum absolute atomic E-state index is 13.2. The molecule has 2 aromatic carbocycles. The number of rotatable bonds is 5. The third kappa shape index (κ3) is 4.29. The number of aromatic amines is 1. The molecule has 1 N–H and O–H groups in total. The quantitative estimate of drug-likeness (QED) is 0.706. The van der Waals surface area contributed by atoms with Crippen molar-refractivity contribution in [1.29, 1.82) is 0 Å². The van der Waals surface area contributed by atoms with E-state index in [1.165, 1.54) is 12.1 Å². The van der Waals surface area contributed by atoms with Crippen molar-refractivity contribution >= 4 is 17.3 Å². The fraction of sp³-hybridized carbons (Fsp3) is 0.286. The highest BCUT2D eigenvalue weighted by Gasteiger charge is 2.19. The second-order valence-corrected chi connectivity index (χ2v) is 7.31. The van der Waals surface area contributed by atoms with E-state index in [1.54, 1.807) is 12.1 Å². The van der Waals surface area contributed by atoms with Gasteiger partial charge in [-0.1, -0.05) is 17.7 Å². The summed E-state index contributed by atoms with van der Waals surface area (Å²) in [6.07, 6.45) is 0.614. The van der Waals surface area contributed by atoms with Crippen LogP contribution in [0.25, 0.3) is 11.3 Å². The van der Waals surface area contributed by atoms with Gasteiger partial charge in [-0.15, -0.1) is 0 Å². The molecule has 146 valence electrons. The molecule has 0 radical (unpaired) electrons. The van der Waals surface area contributed by atoms with E-state index < -0.39 is 5.76 Å². The van der Waals surface area contributed by atoms with Crippen LogP contribution in [0.15, 0.2) is 57.7 Å². The third-order valence-corrected chi connectivity index (χ3v) is 5.29. The second kappa shape index (κ2) is 8.20. The Morgan fingerprint density at radius 3 is 2.54 bits per heavy atom. The highest BCUT2D eigenvalue weighted by Crippen LogP contribution is 2.23. The first-order valence-electron chi connectivity index (χ1n) is 9.29. The Morgan fingerprint density at radius 1 is 1.07 bits per heavy atom. The van der Waals surface area contributed by atoms with Gasteiger partial charge in [-0.2, -0.15) is 0 Å². The molecule has 3 aromatic rings. The van der Waals surface area contributed by atoms with Crippen LogP contribution in [0.3, 0.4) is 0 Å². The number of piperazine rings is 1. The minimum Gasteiger partial charge on any atom is -0.412 e. The molecular weight excluding hydrogens is 381 g/mol. The Hall–Kier alpha value is -2.57. The first-order valence-corrected chi connectivity index (χ1v) is 9.67. The number of aromatic nitrogens is 1. The summed E-state index contributed by atoms with van der Waals surface area (Å²) in [5.74, 6) is -0.192. The fourth-order valence-electron chi connectivity index (χ4n) is 3.55. The number of anilines is 1. The highest BCUT2D eigenvalue weighted by molar-refractivity contribution is 6.30. The summed E-state index contributed by atoms with van der Waals surface area (Å²) < 4.78 is 18.5. The van der Waals surface area contributed by atoms with Crippen molar-refractivity contribution in [2.45, 2.75) is 6.42 Å². The lowest BCUT2D eigenvalue weighted by molar-refractivity contribution is 0.254. The van der Waals surface area contributed by atoms with E-state index in [0.717, 1.165) is 49.0 Å². The summed E-state index contributed by atoms with van der Waals surface area (Å²) in [4.78, 5) is 19.1. The predicted molar refractivity (Wildman–Crippen MR) is 109 cm³/mol. The van der Waals surface area contributed by atoms with Crippen molar-refractivity contribution < 1.29 is 8.81 Å². The zero-order valence-corrected chi connectivity index (χ0v) is 16.1. The van der Waals surface area contributed by atoms with Crippen molar-refractivity contribution in [1.82, 2.24) is 9.88 Å². The van der Waals surface area contributed by atoms with Crippen LogP contribution in [0.2, 0.25) is 5.02 Å². The molecule has 1 aliphatic heterocycles. The van der Waals surface area contributed by atoms with Crippen molar-refractivity contribution in [2.75, 3.05) is 37.6 Å². The van der Waals surface area contributed by atoms with Gasteiger partial charge in [0.2, 0.25) is 0 Å². The van der Waals surface area contributed by atoms with Crippen LogP contribution in [0.4, 0.5) is 10.1 Å². The van der Waals surface area contributed by atoms with E-state index in [9.17, 15) is 9.18 Å². The van der Waals surface area contributed by atoms with Gasteiger partial charge >= 0.3 is 5.76 Å². The van der Waals surface area contributed by atoms with Gasteiger partial charge in [0, 0.05) is 55.4 Å². The minimum atomic E-state index is -0.486. The molecule has 2 heterocycles. The van der Waals surface area contributed by atoms with Crippen LogP contribution in [0.1, 0.15) is 5.76 Å². The number of halogens is 2. The van der Waals surface area contributed by atoms with Crippen LogP contribution in [0, 0.1) is 5.82 Å². The molecule has 4 rings (SSSR count). The highest BCUT2D eigenvalue weighted by atomic mass is 35.5. The molecule has 1 aromatic heterocycles. The Kier molecular flexibility index (Phi) is 5.50. The van der Waals surface area contributed by atoms with Crippen LogP contribution in [0.5, 0.6) is 0 Å². The summed E-state index contributed by atoms with van der Waals surface area (Å²) in [6, 6.07) is 13.9. The van der Waals surface area contributed by atoms with Crippen LogP contribution >= 0.6 is 11.6 Å². The SMILES string of the molecule is O=c1[nH]c(-c2ccc(F)cc2)c(CCN2CCN(c3cccc(Cl)c3)CC2)o1. The van der Waals surface area contributed by atoms with E-state index in [1.807, 2.05) is 18.2 Å². The molecule has 5 nitrogen and oxygen atoms in total. The summed E-state index contributed by atoms with van der Waals surface area (Å²) in [7, 11) is 0.